The number of aromatic nitrogens is 4. The van der Waals surface area contributed by atoms with Gasteiger partial charge in [-0.25, -0.2) is 4.98 Å². The van der Waals surface area contributed by atoms with Crippen LogP contribution in [0.1, 0.15) is 25.0 Å². The Hall–Kier alpha value is -8.21. The van der Waals surface area contributed by atoms with Gasteiger partial charge in [0, 0.05) is 27.3 Å². The predicted molar refractivity (Wildman–Crippen MR) is 264 cm³/mol. The highest BCUT2D eigenvalue weighted by molar-refractivity contribution is 6.13. The standard InChI is InChI=1S/C60H42N4/c1-60(2)53-28-11-9-26-49(53)51-34-35-52-50-27-10-12-29-54(50)64(56(52)55(51)60)59-62-57(42-18-7-4-8-19-42)61-58(63-59)48-25-15-24-47(38-48)46-23-14-22-45(37-46)44-21-13-20-43(36-44)41-32-30-40(31-33-41)39-16-5-3-6-17-39/h3-38H,1-2H3. The van der Waals surface area contributed by atoms with E-state index in [1.807, 2.05) is 18.2 Å². The molecule has 0 saturated carbocycles. The zero-order valence-electron chi connectivity index (χ0n) is 35.6. The summed E-state index contributed by atoms with van der Waals surface area (Å²) in [7, 11) is 0. The monoisotopic (exact) mass is 818 g/mol. The van der Waals surface area contributed by atoms with E-state index < -0.39 is 0 Å². The average Bonchev–Trinajstić information content (AvgIpc) is 3.82. The van der Waals surface area contributed by atoms with Gasteiger partial charge in [0.25, 0.3) is 0 Å². The van der Waals surface area contributed by atoms with Gasteiger partial charge in [0.15, 0.2) is 11.6 Å². The molecular formula is C60H42N4. The first kappa shape index (κ1) is 37.5. The number of hydrogen-bond donors (Lipinski definition) is 0. The summed E-state index contributed by atoms with van der Waals surface area (Å²) < 4.78 is 2.29. The first-order valence-corrected chi connectivity index (χ1v) is 21.9. The molecule has 64 heavy (non-hydrogen) atoms. The summed E-state index contributed by atoms with van der Waals surface area (Å²) in [5.41, 5.74) is 18.3. The Morgan fingerprint density at radius 2 is 0.812 bits per heavy atom. The fourth-order valence-corrected chi connectivity index (χ4v) is 9.91. The van der Waals surface area contributed by atoms with Gasteiger partial charge in [-0.15, -0.1) is 0 Å². The summed E-state index contributed by atoms with van der Waals surface area (Å²) in [5, 5.41) is 2.36. The summed E-state index contributed by atoms with van der Waals surface area (Å²) in [6, 6.07) is 77.9. The van der Waals surface area contributed by atoms with Gasteiger partial charge in [-0.1, -0.05) is 208 Å². The number of para-hydroxylation sites is 1. The maximum atomic E-state index is 5.40. The largest absolute Gasteiger partial charge is 0.277 e. The molecule has 0 N–H and O–H groups in total. The number of benzene rings is 9. The zero-order valence-corrected chi connectivity index (χ0v) is 35.6. The summed E-state index contributed by atoms with van der Waals surface area (Å²) in [6.07, 6.45) is 0. The van der Waals surface area contributed by atoms with Crippen molar-refractivity contribution in [1.82, 2.24) is 19.5 Å². The van der Waals surface area contributed by atoms with Gasteiger partial charge < -0.3 is 0 Å². The van der Waals surface area contributed by atoms with Crippen LogP contribution in [0.4, 0.5) is 0 Å². The van der Waals surface area contributed by atoms with E-state index in [1.165, 1.54) is 60.8 Å². The lowest BCUT2D eigenvalue weighted by Crippen LogP contribution is -2.17. The number of rotatable bonds is 7. The van der Waals surface area contributed by atoms with E-state index in [0.717, 1.165) is 38.9 Å². The van der Waals surface area contributed by atoms with Crippen molar-refractivity contribution in [1.29, 1.82) is 0 Å². The lowest BCUT2D eigenvalue weighted by molar-refractivity contribution is 0.663. The number of hydrogen-bond acceptors (Lipinski definition) is 3. The van der Waals surface area contributed by atoms with Crippen LogP contribution in [0.3, 0.4) is 0 Å². The number of nitrogens with zero attached hydrogens (tertiary/aromatic N) is 4. The minimum atomic E-state index is -0.242. The molecule has 0 unspecified atom stereocenters. The Morgan fingerprint density at radius 3 is 1.47 bits per heavy atom. The van der Waals surface area contributed by atoms with Crippen molar-refractivity contribution in [3.05, 3.63) is 230 Å². The number of fused-ring (bicyclic) bond motifs is 7. The van der Waals surface area contributed by atoms with Crippen molar-refractivity contribution < 1.29 is 0 Å². The van der Waals surface area contributed by atoms with Crippen LogP contribution in [-0.2, 0) is 5.41 Å². The van der Waals surface area contributed by atoms with Crippen molar-refractivity contribution >= 4 is 21.8 Å². The van der Waals surface area contributed by atoms with Crippen LogP contribution in [0.2, 0.25) is 0 Å². The normalized spacial score (nSPS) is 12.7. The van der Waals surface area contributed by atoms with Gasteiger partial charge in [0.05, 0.1) is 11.0 Å². The molecule has 0 saturated heterocycles. The van der Waals surface area contributed by atoms with Gasteiger partial charge >= 0.3 is 0 Å². The Bertz CT molecular complexity index is 3570. The van der Waals surface area contributed by atoms with Crippen LogP contribution in [0, 0.1) is 0 Å². The van der Waals surface area contributed by atoms with Crippen molar-refractivity contribution in [3.63, 3.8) is 0 Å². The van der Waals surface area contributed by atoms with E-state index in [1.54, 1.807) is 0 Å². The van der Waals surface area contributed by atoms with Crippen LogP contribution in [0.15, 0.2) is 218 Å². The molecular weight excluding hydrogens is 777 g/mol. The maximum absolute atomic E-state index is 5.40. The third-order valence-corrected chi connectivity index (χ3v) is 13.0. The molecule has 11 aromatic rings. The molecule has 9 aromatic carbocycles. The van der Waals surface area contributed by atoms with Crippen LogP contribution in [0.5, 0.6) is 0 Å². The Labute approximate surface area is 372 Å². The molecule has 0 spiro atoms. The van der Waals surface area contributed by atoms with E-state index in [4.69, 9.17) is 15.0 Å². The Morgan fingerprint density at radius 1 is 0.344 bits per heavy atom. The molecule has 0 amide bonds. The van der Waals surface area contributed by atoms with Gasteiger partial charge in [-0.05, 0) is 91.0 Å². The third-order valence-electron chi connectivity index (χ3n) is 13.0. The Kier molecular flexibility index (Phi) is 8.80. The molecule has 1 aliphatic rings. The first-order valence-electron chi connectivity index (χ1n) is 21.9. The summed E-state index contributed by atoms with van der Waals surface area (Å²) in [5.74, 6) is 1.84. The molecule has 0 fully saturated rings. The SMILES string of the molecule is CC1(C)c2ccccc2-c2ccc3c4ccccc4n(-c4nc(-c5ccccc5)nc(-c5cccc(-c6cccc(-c7cccc(-c8ccc(-c9ccccc9)cc8)c7)c6)c5)n4)c3c21. The topological polar surface area (TPSA) is 43.6 Å². The molecule has 4 heteroatoms. The molecule has 2 heterocycles. The summed E-state index contributed by atoms with van der Waals surface area (Å²) in [4.78, 5) is 15.9. The van der Waals surface area contributed by atoms with Crippen LogP contribution < -0.4 is 0 Å². The zero-order chi connectivity index (χ0) is 42.8. The van der Waals surface area contributed by atoms with E-state index in [0.29, 0.717) is 17.6 Å². The van der Waals surface area contributed by atoms with Gasteiger partial charge in [-0.3, -0.25) is 4.57 Å². The molecule has 12 rings (SSSR count). The minimum Gasteiger partial charge on any atom is -0.277 e. The lowest BCUT2D eigenvalue weighted by Gasteiger charge is -2.23. The Balaban J connectivity index is 0.967. The molecule has 302 valence electrons. The van der Waals surface area contributed by atoms with Crippen LogP contribution in [-0.4, -0.2) is 19.5 Å². The highest BCUT2D eigenvalue weighted by atomic mass is 15.2. The minimum absolute atomic E-state index is 0.242. The van der Waals surface area contributed by atoms with Crippen molar-refractivity contribution in [3.8, 4) is 84.4 Å². The highest BCUT2D eigenvalue weighted by Crippen LogP contribution is 2.53. The second-order valence-corrected chi connectivity index (χ2v) is 17.2. The van der Waals surface area contributed by atoms with Crippen molar-refractivity contribution in [2.75, 3.05) is 0 Å². The van der Waals surface area contributed by atoms with Crippen molar-refractivity contribution in [2.24, 2.45) is 0 Å². The smallest absolute Gasteiger partial charge is 0.238 e. The molecule has 0 radical (unpaired) electrons. The summed E-state index contributed by atoms with van der Waals surface area (Å²) >= 11 is 0. The molecule has 1 aliphatic carbocycles. The quantitative estimate of drug-likeness (QED) is 0.161. The fraction of sp³-hybridized carbons (Fsp3) is 0.0500. The van der Waals surface area contributed by atoms with Crippen LogP contribution >= 0.6 is 0 Å². The molecule has 0 atom stereocenters. The molecule has 4 nitrogen and oxygen atoms in total. The average molecular weight is 819 g/mol. The summed E-state index contributed by atoms with van der Waals surface area (Å²) in [6.45, 7) is 4.69. The van der Waals surface area contributed by atoms with Gasteiger partial charge in [0.1, 0.15) is 0 Å². The molecule has 0 bridgehead atoms. The van der Waals surface area contributed by atoms with Gasteiger partial charge in [0.2, 0.25) is 5.95 Å². The third kappa shape index (κ3) is 6.26. The van der Waals surface area contributed by atoms with Crippen molar-refractivity contribution in [2.45, 2.75) is 19.3 Å². The van der Waals surface area contributed by atoms with Gasteiger partial charge in [-0.2, -0.15) is 9.97 Å². The second-order valence-electron chi connectivity index (χ2n) is 17.2. The maximum Gasteiger partial charge on any atom is 0.238 e. The highest BCUT2D eigenvalue weighted by Gasteiger charge is 2.38. The van der Waals surface area contributed by atoms with E-state index in [2.05, 4.69) is 219 Å². The van der Waals surface area contributed by atoms with E-state index in [9.17, 15) is 0 Å². The lowest BCUT2D eigenvalue weighted by atomic mass is 9.81. The predicted octanol–water partition coefficient (Wildman–Crippen LogP) is 15.3. The van der Waals surface area contributed by atoms with E-state index >= 15 is 0 Å². The molecule has 2 aromatic heterocycles. The fourth-order valence-electron chi connectivity index (χ4n) is 9.91. The van der Waals surface area contributed by atoms with E-state index in [-0.39, 0.29) is 5.41 Å². The molecule has 0 aliphatic heterocycles. The second kappa shape index (κ2) is 15.0. The van der Waals surface area contributed by atoms with Crippen LogP contribution in [0.25, 0.3) is 106 Å². The first-order chi connectivity index (χ1) is 31.5.